The second-order valence-electron chi connectivity index (χ2n) is 9.83. The summed E-state index contributed by atoms with van der Waals surface area (Å²) in [7, 11) is 1.84. The largest absolute Gasteiger partial charge is 0.347 e. The minimum Gasteiger partial charge on any atom is -0.347 e. The number of alkyl halides is 2. The summed E-state index contributed by atoms with van der Waals surface area (Å²) in [6.45, 7) is 6.14. The lowest BCUT2D eigenvalue weighted by molar-refractivity contribution is 0.0921. The number of carbonyl (C=O) groups excluding carboxylic acids is 1. The molecule has 1 aromatic carbocycles. The van der Waals surface area contributed by atoms with Crippen LogP contribution in [0.5, 0.6) is 0 Å². The number of aromatic amines is 1. The maximum Gasteiger partial charge on any atom is 0.255 e. The fourth-order valence-corrected chi connectivity index (χ4v) is 4.15. The number of aryl methyl sites for hydroxylation is 1. The average Bonchev–Trinajstić information content (AvgIpc) is 3.49. The Labute approximate surface area is 205 Å². The summed E-state index contributed by atoms with van der Waals surface area (Å²) in [5.41, 5.74) is 3.98. The van der Waals surface area contributed by atoms with Crippen LogP contribution >= 0.6 is 0 Å². The summed E-state index contributed by atoms with van der Waals surface area (Å²) in [6.07, 6.45) is 3.98. The summed E-state index contributed by atoms with van der Waals surface area (Å²) in [5.74, 6) is -0.272. The number of fused-ring (bicyclic) bond motifs is 2. The number of rotatable bonds is 6. The summed E-state index contributed by atoms with van der Waals surface area (Å²) in [4.78, 5) is 25.0. The van der Waals surface area contributed by atoms with Crippen LogP contribution in [0.2, 0.25) is 0 Å². The Hall–Kier alpha value is -4.15. The van der Waals surface area contributed by atoms with Gasteiger partial charge in [-0.3, -0.25) is 14.2 Å². The first-order valence-corrected chi connectivity index (χ1v) is 11.5. The molecule has 2 N–H and O–H groups in total. The highest BCUT2D eigenvalue weighted by atomic mass is 19.3. The fraction of sp³-hybridized carbons (Fsp3) is 0.320. The lowest BCUT2D eigenvalue weighted by Gasteiger charge is -2.19. The highest BCUT2D eigenvalue weighted by Gasteiger charge is 2.22. The summed E-state index contributed by atoms with van der Waals surface area (Å²) >= 11 is 0. The van der Waals surface area contributed by atoms with E-state index in [9.17, 15) is 13.6 Å². The number of nitrogens with zero attached hydrogens (tertiary/aromatic N) is 6. The number of benzene rings is 1. The SMILES string of the molecule is Cn1cc(Cn2nc(-c3cnc4[nH]cc(C(=O)NC(C)(C)C)c4n3)c3cc(CC(F)F)ccc32)cn1. The highest BCUT2D eigenvalue weighted by molar-refractivity contribution is 6.05. The molecular weight excluding hydrogens is 466 g/mol. The lowest BCUT2D eigenvalue weighted by Crippen LogP contribution is -2.40. The van der Waals surface area contributed by atoms with Crippen LogP contribution in [0.1, 0.15) is 42.3 Å². The topological polar surface area (TPSA) is 106 Å². The molecule has 5 aromatic rings. The third-order valence-electron chi connectivity index (χ3n) is 5.65. The van der Waals surface area contributed by atoms with E-state index in [0.29, 0.717) is 45.6 Å². The molecule has 0 aliphatic carbocycles. The van der Waals surface area contributed by atoms with Crippen molar-refractivity contribution in [1.82, 2.24) is 39.8 Å². The zero-order chi connectivity index (χ0) is 25.6. The van der Waals surface area contributed by atoms with Gasteiger partial charge in [-0.25, -0.2) is 18.7 Å². The van der Waals surface area contributed by atoms with Gasteiger partial charge in [0.2, 0.25) is 6.43 Å². The maximum absolute atomic E-state index is 13.1. The van der Waals surface area contributed by atoms with Crippen LogP contribution in [0.4, 0.5) is 8.78 Å². The van der Waals surface area contributed by atoms with Crippen molar-refractivity contribution >= 4 is 28.0 Å². The number of halogens is 2. The Morgan fingerprint density at radius 2 is 2.00 bits per heavy atom. The van der Waals surface area contributed by atoms with Crippen molar-refractivity contribution in [2.45, 2.75) is 45.7 Å². The Kier molecular flexibility index (Phi) is 5.77. The number of carbonyl (C=O) groups is 1. The van der Waals surface area contributed by atoms with Gasteiger partial charge < -0.3 is 10.3 Å². The van der Waals surface area contributed by atoms with Crippen molar-refractivity contribution in [3.63, 3.8) is 0 Å². The van der Waals surface area contributed by atoms with E-state index in [1.54, 1.807) is 46.2 Å². The molecule has 0 bridgehead atoms. The average molecular weight is 493 g/mol. The molecular formula is C25H26F2N8O. The van der Waals surface area contributed by atoms with E-state index in [-0.39, 0.29) is 12.3 Å². The van der Waals surface area contributed by atoms with E-state index < -0.39 is 12.0 Å². The maximum atomic E-state index is 13.1. The van der Waals surface area contributed by atoms with Crippen molar-refractivity contribution in [2.24, 2.45) is 7.05 Å². The first kappa shape index (κ1) is 23.6. The molecule has 186 valence electrons. The van der Waals surface area contributed by atoms with Crippen LogP contribution in [0.15, 0.2) is 43.0 Å². The summed E-state index contributed by atoms with van der Waals surface area (Å²) in [5, 5.41) is 12.6. The monoisotopic (exact) mass is 492 g/mol. The standard InChI is InChI=1S/C25H26F2N8O/c1-25(2,3)32-24(36)17-10-28-23-22(17)31-18(11-29-23)21-16-7-14(8-20(26)27)5-6-19(16)35(33-21)13-15-9-30-34(4)12-15/h5-7,9-12,20H,8,13H2,1-4H3,(H,28,29)(H,32,36). The molecule has 36 heavy (non-hydrogen) atoms. The molecule has 0 radical (unpaired) electrons. The molecule has 4 aromatic heterocycles. The molecule has 0 fully saturated rings. The molecule has 0 aliphatic rings. The Morgan fingerprint density at radius 3 is 2.69 bits per heavy atom. The van der Waals surface area contributed by atoms with Gasteiger partial charge in [0, 0.05) is 42.4 Å². The molecule has 0 atom stereocenters. The van der Waals surface area contributed by atoms with Crippen LogP contribution in [0.3, 0.4) is 0 Å². The van der Waals surface area contributed by atoms with E-state index in [1.807, 2.05) is 34.0 Å². The molecule has 1 amide bonds. The third kappa shape index (κ3) is 4.68. The van der Waals surface area contributed by atoms with Crippen LogP contribution in [0, 0.1) is 0 Å². The second kappa shape index (κ2) is 8.81. The number of H-pyrrole nitrogens is 1. The summed E-state index contributed by atoms with van der Waals surface area (Å²) in [6, 6.07) is 5.21. The molecule has 0 spiro atoms. The van der Waals surface area contributed by atoms with Crippen molar-refractivity contribution < 1.29 is 13.6 Å². The molecule has 0 saturated heterocycles. The van der Waals surface area contributed by atoms with E-state index >= 15 is 0 Å². The van der Waals surface area contributed by atoms with Gasteiger partial charge in [-0.2, -0.15) is 10.2 Å². The number of hydrogen-bond donors (Lipinski definition) is 2. The lowest BCUT2D eigenvalue weighted by atomic mass is 10.1. The van der Waals surface area contributed by atoms with Gasteiger partial charge in [-0.15, -0.1) is 0 Å². The minimum atomic E-state index is -2.46. The molecule has 4 heterocycles. The van der Waals surface area contributed by atoms with E-state index in [4.69, 9.17) is 10.1 Å². The molecule has 0 saturated carbocycles. The van der Waals surface area contributed by atoms with Crippen LogP contribution < -0.4 is 5.32 Å². The molecule has 0 aliphatic heterocycles. The molecule has 5 rings (SSSR count). The first-order valence-electron chi connectivity index (χ1n) is 11.5. The van der Waals surface area contributed by atoms with Crippen molar-refractivity contribution in [3.8, 4) is 11.4 Å². The van der Waals surface area contributed by atoms with Gasteiger partial charge >= 0.3 is 0 Å². The van der Waals surface area contributed by atoms with Gasteiger partial charge in [0.1, 0.15) is 16.9 Å². The van der Waals surface area contributed by atoms with Crippen LogP contribution in [-0.4, -0.2) is 52.4 Å². The van der Waals surface area contributed by atoms with Gasteiger partial charge in [-0.1, -0.05) is 6.07 Å². The predicted molar refractivity (Wildman–Crippen MR) is 132 cm³/mol. The first-order chi connectivity index (χ1) is 17.1. The zero-order valence-electron chi connectivity index (χ0n) is 20.4. The van der Waals surface area contributed by atoms with E-state index in [1.165, 1.54) is 0 Å². The van der Waals surface area contributed by atoms with Gasteiger partial charge in [0.05, 0.1) is 30.0 Å². The molecule has 11 heteroatoms. The van der Waals surface area contributed by atoms with E-state index in [2.05, 4.69) is 20.4 Å². The smallest absolute Gasteiger partial charge is 0.255 e. The number of amides is 1. The van der Waals surface area contributed by atoms with Crippen LogP contribution in [-0.2, 0) is 20.0 Å². The quantitative estimate of drug-likeness (QED) is 0.371. The van der Waals surface area contributed by atoms with Crippen molar-refractivity contribution in [3.05, 3.63) is 59.7 Å². The van der Waals surface area contributed by atoms with Crippen LogP contribution in [0.25, 0.3) is 33.5 Å². The normalized spacial score (nSPS) is 12.2. The van der Waals surface area contributed by atoms with Gasteiger partial charge in [-0.05, 0) is 38.5 Å². The number of aromatic nitrogens is 7. The Balaban J connectivity index is 1.63. The van der Waals surface area contributed by atoms with E-state index in [0.717, 1.165) is 11.1 Å². The third-order valence-corrected chi connectivity index (χ3v) is 5.65. The van der Waals surface area contributed by atoms with Crippen molar-refractivity contribution in [1.29, 1.82) is 0 Å². The minimum absolute atomic E-state index is 0.272. The molecule has 0 unspecified atom stereocenters. The predicted octanol–water partition coefficient (Wildman–Crippen LogP) is 4.09. The zero-order valence-corrected chi connectivity index (χ0v) is 20.4. The Bertz CT molecular complexity index is 1570. The van der Waals surface area contributed by atoms with Gasteiger partial charge in [0.25, 0.3) is 5.91 Å². The van der Waals surface area contributed by atoms with Crippen molar-refractivity contribution in [2.75, 3.05) is 0 Å². The number of hydrogen-bond acceptors (Lipinski definition) is 5. The summed E-state index contributed by atoms with van der Waals surface area (Å²) < 4.78 is 29.7. The highest BCUT2D eigenvalue weighted by Crippen LogP contribution is 2.30. The molecule has 9 nitrogen and oxygen atoms in total. The number of nitrogens with one attached hydrogen (secondary N) is 2. The van der Waals surface area contributed by atoms with Gasteiger partial charge in [0.15, 0.2) is 5.65 Å². The fourth-order valence-electron chi connectivity index (χ4n) is 4.15. The second-order valence-corrected chi connectivity index (χ2v) is 9.83. The Morgan fingerprint density at radius 1 is 1.19 bits per heavy atom.